The van der Waals surface area contributed by atoms with E-state index in [4.69, 9.17) is 5.11 Å². The highest BCUT2D eigenvalue weighted by atomic mass is 16.3. The van der Waals surface area contributed by atoms with Gasteiger partial charge in [0.25, 0.3) is 0 Å². The highest BCUT2D eigenvalue weighted by molar-refractivity contribution is 5.20. The Balaban J connectivity index is 2.22. The van der Waals surface area contributed by atoms with Crippen LogP contribution in [0.25, 0.3) is 0 Å². The summed E-state index contributed by atoms with van der Waals surface area (Å²) in [6.07, 6.45) is 6.35. The summed E-state index contributed by atoms with van der Waals surface area (Å²) >= 11 is 0. The van der Waals surface area contributed by atoms with Crippen LogP contribution in [-0.2, 0) is 5.41 Å². The Morgan fingerprint density at radius 3 is 2.69 bits per heavy atom. The first kappa shape index (κ1) is 8.70. The van der Waals surface area contributed by atoms with Crippen LogP contribution in [0.15, 0.2) is 24.4 Å². The molecule has 1 aliphatic rings. The third-order valence-corrected chi connectivity index (χ3v) is 3.11. The smallest absolute Gasteiger partial charge is 0.0466 e. The van der Waals surface area contributed by atoms with Gasteiger partial charge < -0.3 is 5.11 Å². The Kier molecular flexibility index (Phi) is 2.32. The molecule has 13 heavy (non-hydrogen) atoms. The summed E-state index contributed by atoms with van der Waals surface area (Å²) in [5.74, 6) is 0. The lowest BCUT2D eigenvalue weighted by molar-refractivity contribution is 0.163. The van der Waals surface area contributed by atoms with E-state index in [2.05, 4.69) is 11.1 Å². The molecule has 1 N–H and O–H groups in total. The maximum Gasteiger partial charge on any atom is 0.0466 e. The second-order valence-corrected chi connectivity index (χ2v) is 3.82. The standard InChI is InChI=1S/C11H15NO/c13-9-7-11(5-3-6-11)10-4-1-2-8-12-10/h1-2,4,8,13H,3,5-7,9H2. The van der Waals surface area contributed by atoms with E-state index >= 15 is 0 Å². The van der Waals surface area contributed by atoms with E-state index in [9.17, 15) is 0 Å². The molecule has 2 heteroatoms. The van der Waals surface area contributed by atoms with Gasteiger partial charge in [-0.2, -0.15) is 0 Å². The molecule has 1 aromatic rings. The van der Waals surface area contributed by atoms with Crippen LogP contribution in [0.4, 0.5) is 0 Å². The first-order chi connectivity index (χ1) is 6.37. The van der Waals surface area contributed by atoms with E-state index in [-0.39, 0.29) is 12.0 Å². The predicted molar refractivity (Wildman–Crippen MR) is 51.5 cm³/mol. The molecule has 0 saturated heterocycles. The van der Waals surface area contributed by atoms with Crippen molar-refractivity contribution in [3.8, 4) is 0 Å². The fourth-order valence-electron chi connectivity index (χ4n) is 2.13. The number of rotatable bonds is 3. The van der Waals surface area contributed by atoms with E-state index in [0.717, 1.165) is 12.1 Å². The van der Waals surface area contributed by atoms with Gasteiger partial charge in [0, 0.05) is 23.9 Å². The average Bonchev–Trinajstić information content (AvgIpc) is 2.13. The van der Waals surface area contributed by atoms with Gasteiger partial charge in [-0.1, -0.05) is 12.5 Å². The molecule has 0 spiro atoms. The quantitative estimate of drug-likeness (QED) is 0.764. The summed E-state index contributed by atoms with van der Waals surface area (Å²) in [6, 6.07) is 6.05. The number of hydrogen-bond donors (Lipinski definition) is 1. The van der Waals surface area contributed by atoms with Crippen LogP contribution >= 0.6 is 0 Å². The molecule has 2 nitrogen and oxygen atoms in total. The molecule has 1 heterocycles. The lowest BCUT2D eigenvalue weighted by Crippen LogP contribution is -2.35. The highest BCUT2D eigenvalue weighted by Crippen LogP contribution is 2.45. The van der Waals surface area contributed by atoms with Gasteiger partial charge in [-0.25, -0.2) is 0 Å². The van der Waals surface area contributed by atoms with Gasteiger partial charge in [0.05, 0.1) is 0 Å². The zero-order chi connectivity index (χ0) is 9.15. The van der Waals surface area contributed by atoms with Gasteiger partial charge in [-0.05, 0) is 31.4 Å². The van der Waals surface area contributed by atoms with Crippen LogP contribution in [0, 0.1) is 0 Å². The Labute approximate surface area is 78.6 Å². The Hall–Kier alpha value is -0.890. The van der Waals surface area contributed by atoms with Crippen molar-refractivity contribution in [2.24, 2.45) is 0 Å². The molecule has 0 bridgehead atoms. The van der Waals surface area contributed by atoms with Crippen LogP contribution in [0.3, 0.4) is 0 Å². The first-order valence-corrected chi connectivity index (χ1v) is 4.90. The monoisotopic (exact) mass is 177 g/mol. The van der Waals surface area contributed by atoms with Crippen molar-refractivity contribution in [2.75, 3.05) is 6.61 Å². The molecule has 1 saturated carbocycles. The minimum atomic E-state index is 0.204. The van der Waals surface area contributed by atoms with Gasteiger partial charge in [0.2, 0.25) is 0 Å². The number of hydrogen-bond acceptors (Lipinski definition) is 2. The second kappa shape index (κ2) is 3.46. The summed E-state index contributed by atoms with van der Waals surface area (Å²) in [4.78, 5) is 4.38. The summed E-state index contributed by atoms with van der Waals surface area (Å²) in [5, 5.41) is 9.00. The molecule has 1 aliphatic carbocycles. The maximum atomic E-state index is 9.00. The molecule has 0 radical (unpaired) electrons. The van der Waals surface area contributed by atoms with Crippen molar-refractivity contribution in [3.63, 3.8) is 0 Å². The minimum Gasteiger partial charge on any atom is -0.396 e. The largest absolute Gasteiger partial charge is 0.396 e. The summed E-state index contributed by atoms with van der Waals surface area (Å²) < 4.78 is 0. The first-order valence-electron chi connectivity index (χ1n) is 4.90. The number of aliphatic hydroxyl groups is 1. The summed E-state index contributed by atoms with van der Waals surface area (Å²) in [6.45, 7) is 0.274. The topological polar surface area (TPSA) is 33.1 Å². The number of pyridine rings is 1. The van der Waals surface area contributed by atoms with Crippen molar-refractivity contribution in [1.82, 2.24) is 4.98 Å². The second-order valence-electron chi connectivity index (χ2n) is 3.82. The molecule has 0 aromatic carbocycles. The van der Waals surface area contributed by atoms with E-state index in [1.54, 1.807) is 0 Å². The zero-order valence-corrected chi connectivity index (χ0v) is 7.74. The molecule has 1 aromatic heterocycles. The van der Waals surface area contributed by atoms with Crippen molar-refractivity contribution in [2.45, 2.75) is 31.1 Å². The van der Waals surface area contributed by atoms with Crippen molar-refractivity contribution in [3.05, 3.63) is 30.1 Å². The van der Waals surface area contributed by atoms with Gasteiger partial charge in [-0.15, -0.1) is 0 Å². The Bertz CT molecular complexity index is 267. The zero-order valence-electron chi connectivity index (χ0n) is 7.74. The van der Waals surface area contributed by atoms with E-state index in [0.29, 0.717) is 0 Å². The van der Waals surface area contributed by atoms with Gasteiger partial charge in [0.1, 0.15) is 0 Å². The van der Waals surface area contributed by atoms with Crippen LogP contribution in [0.2, 0.25) is 0 Å². The van der Waals surface area contributed by atoms with Gasteiger partial charge in [0.15, 0.2) is 0 Å². The molecule has 2 rings (SSSR count). The van der Waals surface area contributed by atoms with Crippen LogP contribution in [0.1, 0.15) is 31.4 Å². The molecular formula is C11H15NO. The molecule has 70 valence electrons. The number of nitrogens with zero attached hydrogens (tertiary/aromatic N) is 1. The van der Waals surface area contributed by atoms with Gasteiger partial charge >= 0.3 is 0 Å². The highest BCUT2D eigenvalue weighted by Gasteiger charge is 2.38. The van der Waals surface area contributed by atoms with E-state index in [1.807, 2.05) is 18.3 Å². The summed E-state index contributed by atoms with van der Waals surface area (Å²) in [5.41, 5.74) is 1.37. The van der Waals surface area contributed by atoms with E-state index in [1.165, 1.54) is 19.3 Å². The van der Waals surface area contributed by atoms with E-state index < -0.39 is 0 Å². The maximum absolute atomic E-state index is 9.00. The molecule has 0 amide bonds. The lowest BCUT2D eigenvalue weighted by Gasteiger charge is -2.41. The summed E-state index contributed by atoms with van der Waals surface area (Å²) in [7, 11) is 0. The van der Waals surface area contributed by atoms with Crippen molar-refractivity contribution in [1.29, 1.82) is 0 Å². The number of aromatic nitrogens is 1. The van der Waals surface area contributed by atoms with Gasteiger partial charge in [-0.3, -0.25) is 4.98 Å². The molecule has 0 atom stereocenters. The van der Waals surface area contributed by atoms with Crippen molar-refractivity contribution < 1.29 is 5.11 Å². The van der Waals surface area contributed by atoms with Crippen molar-refractivity contribution >= 4 is 0 Å². The normalized spacial score (nSPS) is 19.5. The Morgan fingerprint density at radius 2 is 2.23 bits per heavy atom. The third-order valence-electron chi connectivity index (χ3n) is 3.11. The lowest BCUT2D eigenvalue weighted by atomic mass is 9.64. The molecule has 1 fully saturated rings. The SMILES string of the molecule is OCCC1(c2ccccn2)CCC1. The Morgan fingerprint density at radius 1 is 1.38 bits per heavy atom. The third kappa shape index (κ3) is 1.46. The van der Waals surface area contributed by atoms with Crippen LogP contribution < -0.4 is 0 Å². The number of aliphatic hydroxyl groups excluding tert-OH is 1. The molecule has 0 aliphatic heterocycles. The fourth-order valence-corrected chi connectivity index (χ4v) is 2.13. The fraction of sp³-hybridized carbons (Fsp3) is 0.545. The predicted octanol–water partition coefficient (Wildman–Crippen LogP) is 1.89. The average molecular weight is 177 g/mol. The van der Waals surface area contributed by atoms with Crippen LogP contribution in [0.5, 0.6) is 0 Å². The molecular weight excluding hydrogens is 162 g/mol. The molecule has 0 unspecified atom stereocenters. The minimum absolute atomic E-state index is 0.204. The van der Waals surface area contributed by atoms with Crippen LogP contribution in [-0.4, -0.2) is 16.7 Å².